The average Bonchev–Trinajstić information content (AvgIpc) is 2.82. The molecule has 0 aliphatic rings. The number of halogens is 3. The van der Waals surface area contributed by atoms with Gasteiger partial charge in [0.2, 0.25) is 5.75 Å². The summed E-state index contributed by atoms with van der Waals surface area (Å²) in [5.41, 5.74) is 0.303. The van der Waals surface area contributed by atoms with Crippen LogP contribution in [0, 0.1) is 13.7 Å². The van der Waals surface area contributed by atoms with Gasteiger partial charge in [0.15, 0.2) is 4.47 Å². The fourth-order valence-corrected chi connectivity index (χ4v) is 4.35. The number of nitrogens with zero attached hydrogens (tertiary/aromatic N) is 2. The van der Waals surface area contributed by atoms with E-state index in [0.29, 0.717) is 24.7 Å². The minimum Gasteiger partial charge on any atom is -0.489 e. The number of hydrogen-bond acceptors (Lipinski definition) is 6. The molecule has 6 nitrogen and oxygen atoms in total. The zero-order chi connectivity index (χ0) is 15.6. The number of anilines is 1. The summed E-state index contributed by atoms with van der Waals surface area (Å²) in [6, 6.07) is 1.76. The minimum atomic E-state index is -0.465. The number of aromatic nitrogens is 1. The number of hydrogen-bond donors (Lipinski definition) is 1. The number of nitrogens with one attached hydrogen (secondary N) is 1. The molecular weight excluding hydrogens is 496 g/mol. The van der Waals surface area contributed by atoms with Crippen LogP contribution < -0.4 is 10.1 Å². The van der Waals surface area contributed by atoms with Crippen LogP contribution in [0.3, 0.4) is 0 Å². The van der Waals surface area contributed by atoms with Crippen LogP contribution >= 0.6 is 61.5 Å². The number of rotatable bonds is 5. The summed E-state index contributed by atoms with van der Waals surface area (Å²) in [4.78, 5) is 15.7. The molecule has 1 aromatic carbocycles. The van der Waals surface area contributed by atoms with E-state index in [0.717, 1.165) is 4.88 Å². The lowest BCUT2D eigenvalue weighted by Gasteiger charge is -2.12. The van der Waals surface area contributed by atoms with Gasteiger partial charge in [-0.15, -0.1) is 11.3 Å². The Morgan fingerprint density at radius 3 is 2.90 bits per heavy atom. The molecule has 0 radical (unpaired) electrons. The summed E-state index contributed by atoms with van der Waals surface area (Å²) >= 11 is 12.4. The molecule has 0 aliphatic carbocycles. The quantitative estimate of drug-likeness (QED) is 0.363. The number of nitro benzene ring substituents is 1. The third kappa shape index (κ3) is 3.76. The number of thiazole rings is 1. The molecule has 0 spiro atoms. The molecule has 21 heavy (non-hydrogen) atoms. The van der Waals surface area contributed by atoms with Crippen molar-refractivity contribution in [2.45, 2.75) is 6.54 Å². The fraction of sp³-hybridized carbons (Fsp3) is 0.182. The summed E-state index contributed by atoms with van der Waals surface area (Å²) in [5.74, 6) is 0.185. The number of methoxy groups -OCH3 is 1. The molecule has 112 valence electrons. The van der Waals surface area contributed by atoms with Crippen molar-refractivity contribution in [2.75, 3.05) is 12.4 Å². The summed E-state index contributed by atoms with van der Waals surface area (Å²) in [7, 11) is 1.40. The van der Waals surface area contributed by atoms with Crippen LogP contribution in [-0.4, -0.2) is 17.0 Å². The summed E-state index contributed by atoms with van der Waals surface area (Å²) in [6.07, 6.45) is 1.63. The van der Waals surface area contributed by atoms with Gasteiger partial charge >= 0.3 is 5.69 Å². The predicted octanol–water partition coefficient (Wildman–Crippen LogP) is 4.69. The molecule has 10 heteroatoms. The first-order chi connectivity index (χ1) is 9.93. The Morgan fingerprint density at radius 2 is 2.38 bits per heavy atom. The Bertz CT molecular complexity index is 698. The SMILES string of the molecule is COc1c(Br)cc(I)c(NCc2cnc(Cl)s2)c1[N+](=O)[O-]. The molecule has 0 bridgehead atoms. The molecule has 1 N–H and O–H groups in total. The van der Waals surface area contributed by atoms with Crippen LogP contribution in [0.15, 0.2) is 16.7 Å². The molecule has 1 heterocycles. The second-order valence-corrected chi connectivity index (χ2v) is 7.50. The summed E-state index contributed by atoms with van der Waals surface area (Å²) in [6.45, 7) is 0.395. The summed E-state index contributed by atoms with van der Waals surface area (Å²) < 4.78 is 6.81. The monoisotopic (exact) mass is 503 g/mol. The van der Waals surface area contributed by atoms with Gasteiger partial charge in [0.25, 0.3) is 0 Å². The highest BCUT2D eigenvalue weighted by atomic mass is 127. The molecule has 2 rings (SSSR count). The largest absolute Gasteiger partial charge is 0.489 e. The number of benzene rings is 1. The number of ether oxygens (including phenoxy) is 1. The van der Waals surface area contributed by atoms with E-state index in [1.165, 1.54) is 18.4 Å². The third-order valence-electron chi connectivity index (χ3n) is 2.51. The Hall–Kier alpha value is -0.650. The van der Waals surface area contributed by atoms with Crippen LogP contribution in [0.2, 0.25) is 4.47 Å². The minimum absolute atomic E-state index is 0.105. The Labute approximate surface area is 151 Å². The van der Waals surface area contributed by atoms with Crippen LogP contribution in [0.25, 0.3) is 0 Å². The van der Waals surface area contributed by atoms with E-state index in [-0.39, 0.29) is 11.4 Å². The Morgan fingerprint density at radius 1 is 1.67 bits per heavy atom. The van der Waals surface area contributed by atoms with Crippen LogP contribution in [0.4, 0.5) is 11.4 Å². The van der Waals surface area contributed by atoms with Gasteiger partial charge in [-0.2, -0.15) is 0 Å². The zero-order valence-electron chi connectivity index (χ0n) is 10.5. The second-order valence-electron chi connectivity index (χ2n) is 3.79. The van der Waals surface area contributed by atoms with E-state index in [1.807, 2.05) is 22.6 Å². The van der Waals surface area contributed by atoms with Crippen LogP contribution in [0.5, 0.6) is 5.75 Å². The van der Waals surface area contributed by atoms with Crippen molar-refractivity contribution in [1.82, 2.24) is 4.98 Å². The van der Waals surface area contributed by atoms with Crippen molar-refractivity contribution in [2.24, 2.45) is 0 Å². The van der Waals surface area contributed by atoms with Crippen molar-refractivity contribution < 1.29 is 9.66 Å². The first-order valence-corrected chi connectivity index (χ1v) is 8.55. The highest BCUT2D eigenvalue weighted by molar-refractivity contribution is 14.1. The van der Waals surface area contributed by atoms with Gasteiger partial charge in [-0.25, -0.2) is 4.98 Å². The first kappa shape index (κ1) is 16.7. The van der Waals surface area contributed by atoms with E-state index in [1.54, 1.807) is 12.3 Å². The van der Waals surface area contributed by atoms with Gasteiger partial charge in [0, 0.05) is 14.6 Å². The Kier molecular flexibility index (Phi) is 5.63. The molecule has 1 aromatic heterocycles. The highest BCUT2D eigenvalue weighted by Crippen LogP contribution is 2.43. The van der Waals surface area contributed by atoms with Gasteiger partial charge in [0.05, 0.1) is 23.1 Å². The van der Waals surface area contributed by atoms with Crippen molar-refractivity contribution in [3.8, 4) is 5.75 Å². The van der Waals surface area contributed by atoms with Crippen molar-refractivity contribution >= 4 is 72.8 Å². The lowest BCUT2D eigenvalue weighted by Crippen LogP contribution is -2.05. The van der Waals surface area contributed by atoms with Gasteiger partial charge in [-0.05, 0) is 44.6 Å². The van der Waals surface area contributed by atoms with E-state index in [9.17, 15) is 10.1 Å². The van der Waals surface area contributed by atoms with Crippen molar-refractivity contribution in [3.63, 3.8) is 0 Å². The van der Waals surface area contributed by atoms with Gasteiger partial charge in [-0.1, -0.05) is 11.6 Å². The molecule has 0 unspecified atom stereocenters. The smallest absolute Gasteiger partial charge is 0.336 e. The van der Waals surface area contributed by atoms with Crippen molar-refractivity contribution in [3.05, 3.63) is 39.8 Å². The van der Waals surface area contributed by atoms with E-state index in [4.69, 9.17) is 16.3 Å². The van der Waals surface area contributed by atoms with E-state index in [2.05, 4.69) is 26.2 Å². The van der Waals surface area contributed by atoms with E-state index < -0.39 is 4.92 Å². The molecule has 0 atom stereocenters. The maximum absolute atomic E-state index is 11.4. The predicted molar refractivity (Wildman–Crippen MR) is 94.5 cm³/mol. The fourth-order valence-electron chi connectivity index (χ4n) is 1.67. The topological polar surface area (TPSA) is 77.3 Å². The lowest BCUT2D eigenvalue weighted by atomic mass is 10.2. The second kappa shape index (κ2) is 7.07. The zero-order valence-corrected chi connectivity index (χ0v) is 15.8. The highest BCUT2D eigenvalue weighted by Gasteiger charge is 2.26. The van der Waals surface area contributed by atoms with Gasteiger partial charge in [-0.3, -0.25) is 10.1 Å². The normalized spacial score (nSPS) is 10.5. The molecule has 2 aromatic rings. The summed E-state index contributed by atoms with van der Waals surface area (Å²) in [5, 5.41) is 14.4. The molecular formula is C11H8BrClIN3O3S. The third-order valence-corrected chi connectivity index (χ3v) is 5.07. The molecule has 0 fully saturated rings. The average molecular weight is 505 g/mol. The van der Waals surface area contributed by atoms with Gasteiger partial charge in [0.1, 0.15) is 5.69 Å². The Balaban J connectivity index is 2.39. The lowest BCUT2D eigenvalue weighted by molar-refractivity contribution is -0.385. The van der Waals surface area contributed by atoms with Crippen LogP contribution in [-0.2, 0) is 6.54 Å². The van der Waals surface area contributed by atoms with Gasteiger partial charge < -0.3 is 10.1 Å². The van der Waals surface area contributed by atoms with E-state index >= 15 is 0 Å². The maximum Gasteiger partial charge on any atom is 0.336 e. The molecule has 0 saturated carbocycles. The number of nitro groups is 1. The standard InChI is InChI=1S/C11H8BrClIN3O3S/c1-20-10-6(12)2-7(14)8(9(10)17(18)19)15-3-5-4-16-11(13)21-5/h2,4,15H,3H2,1H3. The molecule has 0 aliphatic heterocycles. The van der Waals surface area contributed by atoms with Crippen LogP contribution in [0.1, 0.15) is 4.88 Å². The molecule has 0 saturated heterocycles. The maximum atomic E-state index is 11.4. The molecule has 0 amide bonds. The first-order valence-electron chi connectivity index (χ1n) is 5.48. The van der Waals surface area contributed by atoms with Crippen molar-refractivity contribution in [1.29, 1.82) is 0 Å².